The van der Waals surface area contributed by atoms with Crippen molar-refractivity contribution >= 4 is 0 Å². The highest BCUT2D eigenvalue weighted by atomic mass is 19.1. The third kappa shape index (κ3) is 2.26. The van der Waals surface area contributed by atoms with Crippen molar-refractivity contribution in [2.45, 2.75) is 18.8 Å². The molecule has 1 aliphatic heterocycles. The van der Waals surface area contributed by atoms with Gasteiger partial charge in [0.05, 0.1) is 7.11 Å². The highest BCUT2D eigenvalue weighted by Gasteiger charge is 2.17. The summed E-state index contributed by atoms with van der Waals surface area (Å²) < 4.78 is 18.0. The first-order chi connectivity index (χ1) is 7.31. The Hall–Kier alpha value is -1.16. The van der Waals surface area contributed by atoms with E-state index in [-0.39, 0.29) is 5.88 Å². The number of halogens is 1. The van der Waals surface area contributed by atoms with E-state index in [2.05, 4.69) is 10.3 Å². The Balaban J connectivity index is 2.20. The summed E-state index contributed by atoms with van der Waals surface area (Å²) in [6, 6.07) is 3.17. The zero-order valence-electron chi connectivity index (χ0n) is 8.79. The van der Waals surface area contributed by atoms with Crippen molar-refractivity contribution in [2.24, 2.45) is 0 Å². The molecule has 1 aromatic rings. The Labute approximate surface area is 88.7 Å². The summed E-state index contributed by atoms with van der Waals surface area (Å²) in [6.07, 6.45) is 2.25. The zero-order chi connectivity index (χ0) is 10.7. The molecule has 1 unspecified atom stereocenters. The van der Waals surface area contributed by atoms with E-state index >= 15 is 0 Å². The fraction of sp³-hybridized carbons (Fsp3) is 0.545. The molecule has 1 N–H and O–H groups in total. The fourth-order valence-corrected chi connectivity index (χ4v) is 1.91. The lowest BCUT2D eigenvalue weighted by Gasteiger charge is -2.22. The molecule has 3 nitrogen and oxygen atoms in total. The summed E-state index contributed by atoms with van der Waals surface area (Å²) in [5.41, 5.74) is 0.917. The number of piperidine rings is 1. The van der Waals surface area contributed by atoms with Gasteiger partial charge in [-0.15, -0.1) is 0 Å². The Morgan fingerprint density at radius 1 is 1.53 bits per heavy atom. The highest BCUT2D eigenvalue weighted by molar-refractivity contribution is 5.21. The van der Waals surface area contributed by atoms with Gasteiger partial charge in [-0.1, -0.05) is 0 Å². The van der Waals surface area contributed by atoms with Crippen molar-refractivity contribution in [3.05, 3.63) is 23.6 Å². The standard InChI is InChI=1S/C11H15FN2O/c1-15-11-9(12)4-5-10(14-11)8-3-2-6-13-7-8/h4-5,8,13H,2-3,6-7H2,1H3. The molecule has 1 fully saturated rings. The van der Waals surface area contributed by atoms with E-state index in [1.165, 1.54) is 13.2 Å². The molecule has 2 rings (SSSR count). The van der Waals surface area contributed by atoms with Crippen molar-refractivity contribution in [1.29, 1.82) is 0 Å². The predicted molar refractivity (Wildman–Crippen MR) is 55.6 cm³/mol. The van der Waals surface area contributed by atoms with E-state index in [1.807, 2.05) is 0 Å². The van der Waals surface area contributed by atoms with Crippen molar-refractivity contribution in [3.8, 4) is 5.88 Å². The third-order valence-corrected chi connectivity index (χ3v) is 2.74. The van der Waals surface area contributed by atoms with Crippen LogP contribution in [0.15, 0.2) is 12.1 Å². The highest BCUT2D eigenvalue weighted by Crippen LogP contribution is 2.24. The number of aromatic nitrogens is 1. The quantitative estimate of drug-likeness (QED) is 0.806. The number of nitrogens with zero attached hydrogens (tertiary/aromatic N) is 1. The first kappa shape index (κ1) is 10.4. The smallest absolute Gasteiger partial charge is 0.250 e. The van der Waals surface area contributed by atoms with Gasteiger partial charge in [0, 0.05) is 18.2 Å². The van der Waals surface area contributed by atoms with E-state index in [0.717, 1.165) is 31.6 Å². The van der Waals surface area contributed by atoms with Gasteiger partial charge in [-0.2, -0.15) is 0 Å². The maximum atomic E-state index is 13.1. The summed E-state index contributed by atoms with van der Waals surface area (Å²) >= 11 is 0. The van der Waals surface area contributed by atoms with Crippen LogP contribution in [0.4, 0.5) is 4.39 Å². The Bertz CT molecular complexity index is 337. The molecule has 1 aliphatic rings. The van der Waals surface area contributed by atoms with Gasteiger partial charge < -0.3 is 10.1 Å². The average Bonchev–Trinajstić information content (AvgIpc) is 2.31. The Morgan fingerprint density at radius 3 is 3.07 bits per heavy atom. The molecule has 82 valence electrons. The van der Waals surface area contributed by atoms with Crippen molar-refractivity contribution < 1.29 is 9.13 Å². The topological polar surface area (TPSA) is 34.1 Å². The van der Waals surface area contributed by atoms with Gasteiger partial charge >= 0.3 is 0 Å². The largest absolute Gasteiger partial charge is 0.479 e. The first-order valence-electron chi connectivity index (χ1n) is 5.22. The molecule has 0 radical (unpaired) electrons. The Kier molecular flexibility index (Phi) is 3.16. The van der Waals surface area contributed by atoms with Crippen LogP contribution in [0.5, 0.6) is 5.88 Å². The lowest BCUT2D eigenvalue weighted by molar-refractivity contribution is 0.363. The number of ether oxygens (including phenoxy) is 1. The lowest BCUT2D eigenvalue weighted by Crippen LogP contribution is -2.28. The Morgan fingerprint density at radius 2 is 2.40 bits per heavy atom. The van der Waals surface area contributed by atoms with Gasteiger partial charge in [0.15, 0.2) is 5.82 Å². The maximum absolute atomic E-state index is 13.1. The van der Waals surface area contributed by atoms with Gasteiger partial charge in [0.25, 0.3) is 0 Å². The summed E-state index contributed by atoms with van der Waals surface area (Å²) in [5, 5.41) is 3.31. The van der Waals surface area contributed by atoms with Gasteiger partial charge in [0.2, 0.25) is 5.88 Å². The average molecular weight is 210 g/mol. The van der Waals surface area contributed by atoms with Crippen LogP contribution in [0.1, 0.15) is 24.5 Å². The van der Waals surface area contributed by atoms with Crippen LogP contribution < -0.4 is 10.1 Å². The van der Waals surface area contributed by atoms with Crippen LogP contribution in [0.2, 0.25) is 0 Å². The summed E-state index contributed by atoms with van der Waals surface area (Å²) in [6.45, 7) is 1.98. The third-order valence-electron chi connectivity index (χ3n) is 2.74. The molecular weight excluding hydrogens is 195 g/mol. The summed E-state index contributed by atoms with van der Waals surface area (Å²) in [4.78, 5) is 4.18. The number of hydrogen-bond acceptors (Lipinski definition) is 3. The maximum Gasteiger partial charge on any atom is 0.250 e. The molecule has 0 spiro atoms. The molecule has 0 saturated carbocycles. The number of nitrogens with one attached hydrogen (secondary N) is 1. The second-order valence-electron chi connectivity index (χ2n) is 3.77. The molecule has 0 aliphatic carbocycles. The van der Waals surface area contributed by atoms with E-state index in [9.17, 15) is 4.39 Å². The molecular formula is C11H15FN2O. The minimum atomic E-state index is -0.398. The first-order valence-corrected chi connectivity index (χ1v) is 5.22. The van der Waals surface area contributed by atoms with Crippen LogP contribution in [0, 0.1) is 5.82 Å². The van der Waals surface area contributed by atoms with Gasteiger partial charge in [0.1, 0.15) is 0 Å². The molecule has 0 amide bonds. The number of methoxy groups -OCH3 is 1. The second kappa shape index (κ2) is 4.57. The van der Waals surface area contributed by atoms with E-state index in [1.54, 1.807) is 6.07 Å². The van der Waals surface area contributed by atoms with Crippen molar-refractivity contribution in [1.82, 2.24) is 10.3 Å². The zero-order valence-corrected chi connectivity index (χ0v) is 8.79. The van der Waals surface area contributed by atoms with Crippen LogP contribution in [-0.4, -0.2) is 25.2 Å². The molecule has 1 atom stereocenters. The molecule has 0 aromatic carbocycles. The molecule has 2 heterocycles. The van der Waals surface area contributed by atoms with Crippen LogP contribution >= 0.6 is 0 Å². The van der Waals surface area contributed by atoms with Crippen molar-refractivity contribution in [2.75, 3.05) is 20.2 Å². The minimum absolute atomic E-state index is 0.0954. The lowest BCUT2D eigenvalue weighted by atomic mass is 9.96. The monoisotopic (exact) mass is 210 g/mol. The SMILES string of the molecule is COc1nc(C2CCCNC2)ccc1F. The molecule has 0 bridgehead atoms. The number of pyridine rings is 1. The van der Waals surface area contributed by atoms with Gasteiger partial charge in [-0.25, -0.2) is 9.37 Å². The van der Waals surface area contributed by atoms with Crippen LogP contribution in [0.25, 0.3) is 0 Å². The minimum Gasteiger partial charge on any atom is -0.479 e. The van der Waals surface area contributed by atoms with E-state index in [4.69, 9.17) is 4.74 Å². The van der Waals surface area contributed by atoms with Crippen LogP contribution in [0.3, 0.4) is 0 Å². The molecule has 15 heavy (non-hydrogen) atoms. The summed E-state index contributed by atoms with van der Waals surface area (Å²) in [5.74, 6) is 0.0799. The molecule has 1 aromatic heterocycles. The number of rotatable bonds is 2. The summed E-state index contributed by atoms with van der Waals surface area (Å²) in [7, 11) is 1.44. The molecule has 1 saturated heterocycles. The van der Waals surface area contributed by atoms with E-state index < -0.39 is 5.82 Å². The number of hydrogen-bond donors (Lipinski definition) is 1. The molecule has 4 heteroatoms. The normalized spacial score (nSPS) is 21.3. The van der Waals surface area contributed by atoms with E-state index in [0.29, 0.717) is 5.92 Å². The van der Waals surface area contributed by atoms with Gasteiger partial charge in [-0.3, -0.25) is 0 Å². The van der Waals surface area contributed by atoms with Crippen molar-refractivity contribution in [3.63, 3.8) is 0 Å². The van der Waals surface area contributed by atoms with Gasteiger partial charge in [-0.05, 0) is 31.5 Å². The predicted octanol–water partition coefficient (Wildman–Crippen LogP) is 1.70. The second-order valence-corrected chi connectivity index (χ2v) is 3.77. The fourth-order valence-electron chi connectivity index (χ4n) is 1.91. The van der Waals surface area contributed by atoms with Crippen LogP contribution in [-0.2, 0) is 0 Å².